The molecule has 0 spiro atoms. The van der Waals surface area contributed by atoms with Crippen molar-refractivity contribution in [2.24, 2.45) is 10.8 Å². The van der Waals surface area contributed by atoms with Crippen LogP contribution < -0.4 is 11.4 Å². The van der Waals surface area contributed by atoms with Gasteiger partial charge in [-0.05, 0) is 54.4 Å². The molecule has 15 nitrogen and oxygen atoms in total. The number of esters is 2. The van der Waals surface area contributed by atoms with Gasteiger partial charge in [-0.15, -0.1) is 6.42 Å². The van der Waals surface area contributed by atoms with Gasteiger partial charge >= 0.3 is 25.5 Å². The number of nitrogen functional groups attached to an aromatic ring is 1. The third-order valence-electron chi connectivity index (χ3n) is 4.98. The maximum absolute atomic E-state index is 13.2. The number of aliphatic hydroxyl groups excluding tert-OH is 2. The quantitative estimate of drug-likeness (QED) is 0.150. The highest BCUT2D eigenvalue weighted by atomic mass is 31.2. The number of carbonyl (C=O) groups excluding carboxylic acids is 2. The number of aromatic nitrogens is 2. The van der Waals surface area contributed by atoms with Gasteiger partial charge in [0.2, 0.25) is 13.6 Å². The van der Waals surface area contributed by atoms with E-state index < -0.39 is 62.2 Å². The van der Waals surface area contributed by atoms with E-state index in [1.54, 1.807) is 41.5 Å². The standard InChI is InChI=1S/C23H34N3O10P.2CH4O/c1-8-15-11-26(21(29)25-18(15)24)17-10-9-16(36-17)12-33-37(30,34-13-31-19(27)22(2,3)4)35-14-32-20(28)23(5,6)7;2*1-2/h1,11,16-17H,9-10,12-14H2,2-7H3,(H2,24,25,29);2*2H,1H3. The van der Waals surface area contributed by atoms with Crippen molar-refractivity contribution in [2.75, 3.05) is 40.1 Å². The highest BCUT2D eigenvalue weighted by Gasteiger charge is 2.35. The minimum absolute atomic E-state index is 0.0591. The van der Waals surface area contributed by atoms with Crippen molar-refractivity contribution in [1.29, 1.82) is 0 Å². The van der Waals surface area contributed by atoms with Crippen molar-refractivity contribution in [3.05, 3.63) is 22.2 Å². The Hall–Kier alpha value is -2.83. The van der Waals surface area contributed by atoms with Gasteiger partial charge in [0.1, 0.15) is 12.0 Å². The Morgan fingerprint density at radius 2 is 1.54 bits per heavy atom. The van der Waals surface area contributed by atoms with Gasteiger partial charge in [0, 0.05) is 20.4 Å². The molecule has 0 saturated carbocycles. The van der Waals surface area contributed by atoms with Crippen LogP contribution in [-0.4, -0.2) is 72.2 Å². The fourth-order valence-electron chi connectivity index (χ4n) is 2.82. The van der Waals surface area contributed by atoms with Gasteiger partial charge in [0.05, 0.1) is 29.1 Å². The summed E-state index contributed by atoms with van der Waals surface area (Å²) < 4.78 is 45.7. The molecule has 1 aliphatic heterocycles. The first-order chi connectivity index (χ1) is 19.1. The van der Waals surface area contributed by atoms with E-state index in [0.717, 1.165) is 14.2 Å². The molecule has 41 heavy (non-hydrogen) atoms. The van der Waals surface area contributed by atoms with E-state index in [2.05, 4.69) is 10.9 Å². The molecular formula is C25H42N3O12P. The van der Waals surface area contributed by atoms with Crippen molar-refractivity contribution < 1.29 is 52.1 Å². The zero-order valence-electron chi connectivity index (χ0n) is 24.7. The van der Waals surface area contributed by atoms with E-state index in [1.165, 1.54) is 10.8 Å². The number of phosphoric ester groups is 1. The summed E-state index contributed by atoms with van der Waals surface area (Å²) in [5.74, 6) is 1.08. The molecule has 1 aromatic heterocycles. The predicted molar refractivity (Wildman–Crippen MR) is 147 cm³/mol. The van der Waals surface area contributed by atoms with E-state index >= 15 is 0 Å². The minimum atomic E-state index is -4.37. The van der Waals surface area contributed by atoms with Gasteiger partial charge < -0.3 is 30.2 Å². The number of aliphatic hydroxyl groups is 2. The average Bonchev–Trinajstić information content (AvgIpc) is 3.38. The Labute approximate surface area is 239 Å². The van der Waals surface area contributed by atoms with Crippen LogP contribution in [0.25, 0.3) is 0 Å². The molecule has 1 aromatic rings. The molecule has 0 aromatic carbocycles. The van der Waals surface area contributed by atoms with Gasteiger partial charge in [-0.2, -0.15) is 4.98 Å². The number of nitrogens with zero attached hydrogens (tertiary/aromatic N) is 2. The molecule has 2 rings (SSSR count). The van der Waals surface area contributed by atoms with E-state index in [0.29, 0.717) is 12.8 Å². The van der Waals surface area contributed by atoms with Gasteiger partial charge in [0.25, 0.3) is 0 Å². The Kier molecular flexibility index (Phi) is 16.0. The highest BCUT2D eigenvalue weighted by molar-refractivity contribution is 7.48. The molecule has 4 N–H and O–H groups in total. The van der Waals surface area contributed by atoms with E-state index in [-0.39, 0.29) is 18.0 Å². The second kappa shape index (κ2) is 17.2. The van der Waals surface area contributed by atoms with Gasteiger partial charge in [-0.25, -0.2) is 18.4 Å². The molecule has 0 amide bonds. The van der Waals surface area contributed by atoms with Crippen molar-refractivity contribution in [3.63, 3.8) is 0 Å². The van der Waals surface area contributed by atoms with Crippen LogP contribution in [0.15, 0.2) is 11.0 Å². The van der Waals surface area contributed by atoms with Crippen LogP contribution in [-0.2, 0) is 41.9 Å². The van der Waals surface area contributed by atoms with Crippen LogP contribution >= 0.6 is 7.82 Å². The molecule has 1 aliphatic rings. The largest absolute Gasteiger partial charge is 0.480 e. The van der Waals surface area contributed by atoms with Gasteiger partial charge in [-0.1, -0.05) is 5.92 Å². The molecule has 0 bridgehead atoms. The van der Waals surface area contributed by atoms with Crippen molar-refractivity contribution in [1.82, 2.24) is 9.55 Å². The van der Waals surface area contributed by atoms with Crippen LogP contribution in [0.1, 0.15) is 66.2 Å². The molecular weight excluding hydrogens is 565 g/mol. The summed E-state index contributed by atoms with van der Waals surface area (Å²) in [7, 11) is -2.37. The first-order valence-electron chi connectivity index (χ1n) is 12.3. The Morgan fingerprint density at radius 1 is 1.05 bits per heavy atom. The first-order valence-corrected chi connectivity index (χ1v) is 13.8. The Bertz CT molecular complexity index is 1100. The first kappa shape index (κ1) is 38.2. The zero-order valence-corrected chi connectivity index (χ0v) is 25.6. The Balaban J connectivity index is 0.00000382. The summed E-state index contributed by atoms with van der Waals surface area (Å²) in [6.45, 7) is 8.09. The number of carbonyl (C=O) groups is 2. The number of anilines is 1. The molecule has 1 fully saturated rings. The summed E-state index contributed by atoms with van der Waals surface area (Å²) in [6.07, 6.45) is 6.27. The number of rotatable bonds is 10. The van der Waals surface area contributed by atoms with E-state index in [1.807, 2.05) is 0 Å². The zero-order chi connectivity index (χ0) is 32.0. The topological polar surface area (TPSA) is 208 Å². The molecule has 0 radical (unpaired) electrons. The lowest BCUT2D eigenvalue weighted by molar-refractivity contribution is -0.163. The lowest BCUT2D eigenvalue weighted by Crippen LogP contribution is -2.29. The third-order valence-corrected chi connectivity index (χ3v) is 6.29. The fraction of sp³-hybridized carbons (Fsp3) is 0.680. The number of nitrogens with two attached hydrogens (primary N) is 1. The lowest BCUT2D eigenvalue weighted by Gasteiger charge is -2.22. The lowest BCUT2D eigenvalue weighted by atomic mass is 9.98. The number of hydrogen-bond donors (Lipinski definition) is 3. The SMILES string of the molecule is C#Cc1cn(C2CCC(COP(=O)(OCOC(=O)C(C)(C)C)OCOC(=O)C(C)(C)C)O2)c(=O)nc1N.CO.CO. The van der Waals surface area contributed by atoms with E-state index in [4.69, 9.17) is 50.2 Å². The molecule has 16 heteroatoms. The van der Waals surface area contributed by atoms with Crippen LogP contribution in [0, 0.1) is 23.2 Å². The van der Waals surface area contributed by atoms with Crippen LogP contribution in [0.4, 0.5) is 5.82 Å². The smallest absolute Gasteiger partial charge is 0.437 e. The summed E-state index contributed by atoms with van der Waals surface area (Å²) in [5.41, 5.74) is 3.60. The maximum Gasteiger partial charge on any atom is 0.480 e. The van der Waals surface area contributed by atoms with Gasteiger partial charge in [0.15, 0.2) is 0 Å². The van der Waals surface area contributed by atoms with Crippen LogP contribution in [0.2, 0.25) is 0 Å². The summed E-state index contributed by atoms with van der Waals surface area (Å²) >= 11 is 0. The number of hydrogen-bond acceptors (Lipinski definition) is 14. The molecule has 1 saturated heterocycles. The summed E-state index contributed by atoms with van der Waals surface area (Å²) in [4.78, 5) is 39.9. The normalized spacial score (nSPS) is 16.8. The molecule has 0 aliphatic carbocycles. The van der Waals surface area contributed by atoms with Crippen LogP contribution in [0.5, 0.6) is 0 Å². The maximum atomic E-state index is 13.2. The fourth-order valence-corrected chi connectivity index (χ4v) is 3.76. The summed E-state index contributed by atoms with van der Waals surface area (Å²) in [6, 6.07) is 0. The third kappa shape index (κ3) is 12.7. The minimum Gasteiger partial charge on any atom is -0.437 e. The molecule has 234 valence electrons. The predicted octanol–water partition coefficient (Wildman–Crippen LogP) is 1.95. The highest BCUT2D eigenvalue weighted by Crippen LogP contribution is 2.50. The molecule has 2 unspecified atom stereocenters. The monoisotopic (exact) mass is 607 g/mol. The van der Waals surface area contributed by atoms with Crippen molar-refractivity contribution in [3.8, 4) is 12.3 Å². The summed E-state index contributed by atoms with van der Waals surface area (Å²) in [5, 5.41) is 14.0. The van der Waals surface area contributed by atoms with Crippen LogP contribution in [0.3, 0.4) is 0 Å². The second-order valence-corrected chi connectivity index (χ2v) is 11.9. The van der Waals surface area contributed by atoms with Crippen molar-refractivity contribution >= 4 is 25.6 Å². The second-order valence-electron chi connectivity index (χ2n) is 10.3. The average molecular weight is 608 g/mol. The van der Waals surface area contributed by atoms with Gasteiger partial charge in [-0.3, -0.25) is 18.7 Å². The molecule has 2 atom stereocenters. The number of phosphoric acid groups is 1. The molecule has 2 heterocycles. The Morgan fingerprint density at radius 3 is 1.98 bits per heavy atom. The van der Waals surface area contributed by atoms with Crippen molar-refractivity contribution in [2.45, 2.75) is 66.7 Å². The number of terminal acetylenes is 1. The van der Waals surface area contributed by atoms with E-state index in [9.17, 15) is 18.9 Å². The number of ether oxygens (including phenoxy) is 3.